The molecule has 0 amide bonds. The van der Waals surface area contributed by atoms with E-state index >= 15 is 0 Å². The average molecular weight is 376 g/mol. The van der Waals surface area contributed by atoms with E-state index in [1.54, 1.807) is 6.07 Å². The molecule has 2 aromatic carbocycles. The minimum absolute atomic E-state index is 0.0131. The van der Waals surface area contributed by atoms with Crippen LogP contribution in [0.1, 0.15) is 5.56 Å². The summed E-state index contributed by atoms with van der Waals surface area (Å²) in [5, 5.41) is 0.0840. The van der Waals surface area contributed by atoms with Gasteiger partial charge in [-0.15, -0.1) is 0 Å². The molecule has 0 saturated heterocycles. The molecule has 0 unspecified atom stereocenters. The number of benzene rings is 2. The highest BCUT2D eigenvalue weighted by molar-refractivity contribution is 9.10. The first-order valence-corrected chi connectivity index (χ1v) is 8.29. The molecule has 0 saturated carbocycles. The number of nitrogens with one attached hydrogen (secondary N) is 1. The molecule has 2 aromatic rings. The van der Waals surface area contributed by atoms with Crippen LogP contribution >= 0.6 is 27.5 Å². The Morgan fingerprint density at radius 3 is 2.50 bits per heavy atom. The van der Waals surface area contributed by atoms with E-state index in [0.717, 1.165) is 5.56 Å². The van der Waals surface area contributed by atoms with Crippen LogP contribution in [0.25, 0.3) is 0 Å². The molecule has 4 nitrogen and oxygen atoms in total. The summed E-state index contributed by atoms with van der Waals surface area (Å²) < 4.78 is 27.8. The lowest BCUT2D eigenvalue weighted by Gasteiger charge is -2.11. The Hall–Kier alpha value is -1.24. The summed E-state index contributed by atoms with van der Waals surface area (Å²) in [5.74, 6) is 0. The molecule has 0 radical (unpaired) electrons. The number of hydrogen-bond donors (Lipinski definition) is 2. The van der Waals surface area contributed by atoms with Crippen molar-refractivity contribution in [1.29, 1.82) is 0 Å². The predicted octanol–water partition coefficient (Wildman–Crippen LogP) is 3.79. The number of nitrogens with two attached hydrogens (primary N) is 1. The van der Waals surface area contributed by atoms with Crippen molar-refractivity contribution in [2.45, 2.75) is 11.8 Å². The highest BCUT2D eigenvalue weighted by Gasteiger charge is 2.19. The molecule has 0 atom stereocenters. The predicted molar refractivity (Wildman–Crippen MR) is 85.6 cm³/mol. The van der Waals surface area contributed by atoms with Crippen molar-refractivity contribution >= 4 is 48.9 Å². The molecule has 0 spiro atoms. The van der Waals surface area contributed by atoms with Crippen LogP contribution in [-0.2, 0) is 10.0 Å². The van der Waals surface area contributed by atoms with E-state index < -0.39 is 10.0 Å². The smallest absolute Gasteiger partial charge is 0.263 e. The number of hydrogen-bond acceptors (Lipinski definition) is 3. The summed E-state index contributed by atoms with van der Waals surface area (Å²) in [4.78, 5) is -0.0131. The Balaban J connectivity index is 2.41. The average Bonchev–Trinajstić information content (AvgIpc) is 2.32. The molecular weight excluding hydrogens is 364 g/mol. The normalized spacial score (nSPS) is 11.3. The first kappa shape index (κ1) is 15.2. The van der Waals surface area contributed by atoms with Gasteiger partial charge in [0.1, 0.15) is 4.90 Å². The Bertz CT molecular complexity index is 763. The molecule has 0 aromatic heterocycles. The fourth-order valence-electron chi connectivity index (χ4n) is 1.64. The first-order valence-electron chi connectivity index (χ1n) is 5.63. The molecule has 0 aliphatic heterocycles. The quantitative estimate of drug-likeness (QED) is 0.802. The van der Waals surface area contributed by atoms with E-state index in [1.165, 1.54) is 18.2 Å². The first-order chi connectivity index (χ1) is 9.29. The summed E-state index contributed by atoms with van der Waals surface area (Å²) in [5.41, 5.74) is 7.43. The van der Waals surface area contributed by atoms with Crippen molar-refractivity contribution < 1.29 is 8.42 Å². The summed E-state index contributed by atoms with van der Waals surface area (Å²) >= 11 is 9.26. The Morgan fingerprint density at radius 2 is 1.90 bits per heavy atom. The van der Waals surface area contributed by atoms with Crippen LogP contribution in [0.3, 0.4) is 0 Å². The van der Waals surface area contributed by atoms with Crippen molar-refractivity contribution in [3.8, 4) is 0 Å². The van der Waals surface area contributed by atoms with E-state index in [4.69, 9.17) is 17.3 Å². The summed E-state index contributed by atoms with van der Waals surface area (Å²) in [6.07, 6.45) is 0. The van der Waals surface area contributed by atoms with Crippen molar-refractivity contribution in [2.24, 2.45) is 0 Å². The number of halogens is 2. The van der Waals surface area contributed by atoms with Crippen LogP contribution in [0.2, 0.25) is 5.02 Å². The van der Waals surface area contributed by atoms with Crippen molar-refractivity contribution in [3.05, 3.63) is 51.5 Å². The van der Waals surface area contributed by atoms with Gasteiger partial charge >= 0.3 is 0 Å². The maximum Gasteiger partial charge on any atom is 0.263 e. The van der Waals surface area contributed by atoms with Crippen LogP contribution in [-0.4, -0.2) is 8.42 Å². The molecule has 20 heavy (non-hydrogen) atoms. The minimum Gasteiger partial charge on any atom is -0.399 e. The van der Waals surface area contributed by atoms with Crippen molar-refractivity contribution in [2.75, 3.05) is 10.5 Å². The molecular formula is C13H12BrClN2O2S. The fourth-order valence-corrected chi connectivity index (χ4v) is 4.00. The lowest BCUT2D eigenvalue weighted by atomic mass is 10.2. The van der Waals surface area contributed by atoms with Gasteiger partial charge in [-0.3, -0.25) is 4.72 Å². The van der Waals surface area contributed by atoms with Gasteiger partial charge in [0.2, 0.25) is 0 Å². The zero-order valence-corrected chi connectivity index (χ0v) is 13.7. The van der Waals surface area contributed by atoms with Crippen LogP contribution in [0.15, 0.2) is 45.8 Å². The molecule has 0 bridgehead atoms. The van der Waals surface area contributed by atoms with Gasteiger partial charge in [-0.1, -0.05) is 17.7 Å². The highest BCUT2D eigenvalue weighted by atomic mass is 79.9. The molecule has 7 heteroatoms. The van der Waals surface area contributed by atoms with E-state index in [2.05, 4.69) is 20.7 Å². The second-order valence-electron chi connectivity index (χ2n) is 4.28. The number of rotatable bonds is 3. The third-order valence-electron chi connectivity index (χ3n) is 2.61. The largest absolute Gasteiger partial charge is 0.399 e. The monoisotopic (exact) mass is 374 g/mol. The standard InChI is InChI=1S/C13H12BrClN2O2S/c1-8-2-4-12(10(14)6-8)17-20(18,19)13-5-3-9(16)7-11(13)15/h2-7,17H,16H2,1H3. The summed E-state index contributed by atoms with van der Waals surface area (Å²) in [7, 11) is -3.76. The maximum absolute atomic E-state index is 12.3. The molecule has 3 N–H and O–H groups in total. The van der Waals surface area contributed by atoms with E-state index in [9.17, 15) is 8.42 Å². The SMILES string of the molecule is Cc1ccc(NS(=O)(=O)c2ccc(N)cc2Cl)c(Br)c1. The van der Waals surface area contributed by atoms with Gasteiger partial charge in [0.25, 0.3) is 10.0 Å². The van der Waals surface area contributed by atoms with Gasteiger partial charge in [0.15, 0.2) is 0 Å². The van der Waals surface area contributed by atoms with Gasteiger partial charge < -0.3 is 5.73 Å². The van der Waals surface area contributed by atoms with Gasteiger partial charge in [-0.2, -0.15) is 0 Å². The van der Waals surface area contributed by atoms with Gasteiger partial charge in [0.05, 0.1) is 10.7 Å². The Kier molecular flexibility index (Phi) is 4.27. The number of aryl methyl sites for hydroxylation is 1. The minimum atomic E-state index is -3.76. The van der Waals surface area contributed by atoms with Gasteiger partial charge in [0, 0.05) is 10.2 Å². The third-order valence-corrected chi connectivity index (χ3v) is 5.12. The lowest BCUT2D eigenvalue weighted by Crippen LogP contribution is -2.14. The fraction of sp³-hybridized carbons (Fsp3) is 0.0769. The second kappa shape index (κ2) is 5.63. The van der Waals surface area contributed by atoms with Crippen molar-refractivity contribution in [1.82, 2.24) is 0 Å². The van der Waals surface area contributed by atoms with Crippen LogP contribution in [0.5, 0.6) is 0 Å². The molecule has 0 aliphatic rings. The van der Waals surface area contributed by atoms with Crippen molar-refractivity contribution in [3.63, 3.8) is 0 Å². The van der Waals surface area contributed by atoms with E-state index in [0.29, 0.717) is 15.8 Å². The Morgan fingerprint density at radius 1 is 1.20 bits per heavy atom. The molecule has 2 rings (SSSR count). The van der Waals surface area contributed by atoms with E-state index in [-0.39, 0.29) is 9.92 Å². The number of sulfonamides is 1. The molecule has 106 valence electrons. The summed E-state index contributed by atoms with van der Waals surface area (Å²) in [6, 6.07) is 9.59. The molecule has 0 fully saturated rings. The third kappa shape index (κ3) is 3.26. The van der Waals surface area contributed by atoms with Crippen LogP contribution < -0.4 is 10.5 Å². The molecule has 0 heterocycles. The zero-order valence-electron chi connectivity index (χ0n) is 10.5. The Labute approximate surface area is 131 Å². The van der Waals surface area contributed by atoms with E-state index in [1.807, 2.05) is 19.1 Å². The molecule has 0 aliphatic carbocycles. The van der Waals surface area contributed by atoms with Crippen LogP contribution in [0.4, 0.5) is 11.4 Å². The second-order valence-corrected chi connectivity index (χ2v) is 7.19. The number of nitrogen functional groups attached to an aromatic ring is 1. The van der Waals surface area contributed by atoms with Gasteiger partial charge in [-0.25, -0.2) is 8.42 Å². The topological polar surface area (TPSA) is 72.2 Å². The lowest BCUT2D eigenvalue weighted by molar-refractivity contribution is 0.601. The number of anilines is 2. The summed E-state index contributed by atoms with van der Waals surface area (Å²) in [6.45, 7) is 1.92. The van der Waals surface area contributed by atoms with Gasteiger partial charge in [-0.05, 0) is 58.7 Å². The zero-order chi connectivity index (χ0) is 14.9. The maximum atomic E-state index is 12.3. The highest BCUT2D eigenvalue weighted by Crippen LogP contribution is 2.29. The van der Waals surface area contributed by atoms with Crippen LogP contribution in [0, 0.1) is 6.92 Å².